The minimum Gasteiger partial charge on any atom is -0.398 e. The number of aryl methyl sites for hydroxylation is 1. The Morgan fingerprint density at radius 3 is 2.78 bits per heavy atom. The first-order chi connectivity index (χ1) is 8.68. The van der Waals surface area contributed by atoms with Crippen molar-refractivity contribution in [3.05, 3.63) is 33.7 Å². The maximum absolute atomic E-state index is 13.9. The summed E-state index contributed by atoms with van der Waals surface area (Å²) in [6.07, 6.45) is 5.29. The third-order valence-corrected chi connectivity index (χ3v) is 4.27. The fourth-order valence-electron chi connectivity index (χ4n) is 2.67. The van der Waals surface area contributed by atoms with Crippen LogP contribution in [0.3, 0.4) is 0 Å². The summed E-state index contributed by atoms with van der Waals surface area (Å²) in [5, 5.41) is 0.718. The molecule has 0 saturated carbocycles. The van der Waals surface area contributed by atoms with Crippen LogP contribution in [0.4, 0.5) is 10.1 Å². The lowest BCUT2D eigenvalue weighted by molar-refractivity contribution is 0.635. The van der Waals surface area contributed by atoms with Gasteiger partial charge in [-0.3, -0.25) is 0 Å². The number of pyridine rings is 1. The van der Waals surface area contributed by atoms with E-state index in [0.717, 1.165) is 46.8 Å². The molecule has 1 heterocycles. The van der Waals surface area contributed by atoms with Crippen LogP contribution in [0, 0.1) is 5.82 Å². The van der Waals surface area contributed by atoms with Crippen molar-refractivity contribution in [3.8, 4) is 0 Å². The van der Waals surface area contributed by atoms with Gasteiger partial charge in [0.15, 0.2) is 0 Å². The summed E-state index contributed by atoms with van der Waals surface area (Å²) in [4.78, 5) is 4.51. The zero-order chi connectivity index (χ0) is 12.7. The predicted octanol–water partition coefficient (Wildman–Crippen LogP) is 3.99. The molecule has 2 N–H and O–H groups in total. The van der Waals surface area contributed by atoms with E-state index in [2.05, 4.69) is 20.9 Å². The lowest BCUT2D eigenvalue weighted by Gasteiger charge is -2.13. The van der Waals surface area contributed by atoms with Gasteiger partial charge in [0.25, 0.3) is 0 Å². The van der Waals surface area contributed by atoms with Gasteiger partial charge in [-0.1, -0.05) is 22.4 Å². The normalized spacial score (nSPS) is 15.4. The number of fused-ring (bicyclic) bond motifs is 2. The fourth-order valence-corrected chi connectivity index (χ4v) is 3.21. The maximum atomic E-state index is 13.9. The molecule has 0 amide bonds. The molecule has 2 nitrogen and oxygen atoms in total. The third kappa shape index (κ3) is 1.79. The van der Waals surface area contributed by atoms with Gasteiger partial charge in [-0.15, -0.1) is 0 Å². The van der Waals surface area contributed by atoms with Gasteiger partial charge in [0.2, 0.25) is 0 Å². The molecule has 0 spiro atoms. The zero-order valence-electron chi connectivity index (χ0n) is 9.97. The number of rotatable bonds is 0. The molecule has 0 atom stereocenters. The van der Waals surface area contributed by atoms with Crippen molar-refractivity contribution in [2.75, 3.05) is 5.73 Å². The molecule has 0 aliphatic heterocycles. The van der Waals surface area contributed by atoms with Crippen molar-refractivity contribution >= 4 is 32.5 Å². The van der Waals surface area contributed by atoms with E-state index >= 15 is 0 Å². The van der Waals surface area contributed by atoms with E-state index in [4.69, 9.17) is 5.73 Å². The fraction of sp³-hybridized carbons (Fsp3) is 0.357. The largest absolute Gasteiger partial charge is 0.398 e. The van der Waals surface area contributed by atoms with Crippen molar-refractivity contribution in [1.29, 1.82) is 0 Å². The Bertz CT molecular complexity index is 625. The molecule has 0 radical (unpaired) electrons. The maximum Gasteiger partial charge on any atom is 0.149 e. The summed E-state index contributed by atoms with van der Waals surface area (Å²) >= 11 is 3.44. The van der Waals surface area contributed by atoms with Gasteiger partial charge < -0.3 is 5.73 Å². The second kappa shape index (κ2) is 4.50. The van der Waals surface area contributed by atoms with Gasteiger partial charge in [0.05, 0.1) is 0 Å². The molecule has 0 unspecified atom stereocenters. The first-order valence-corrected chi connectivity index (χ1v) is 7.02. The SMILES string of the molecule is Nc1c2c(nc3c(F)ccc(Br)c13)CCCCC2. The highest BCUT2D eigenvalue weighted by Gasteiger charge is 2.18. The van der Waals surface area contributed by atoms with E-state index in [1.807, 2.05) is 0 Å². The minimum atomic E-state index is -0.299. The highest BCUT2D eigenvalue weighted by Crippen LogP contribution is 2.35. The van der Waals surface area contributed by atoms with Crippen LogP contribution in [-0.2, 0) is 12.8 Å². The molecule has 1 aromatic carbocycles. The zero-order valence-corrected chi connectivity index (χ0v) is 11.6. The Kier molecular flexibility index (Phi) is 2.98. The van der Waals surface area contributed by atoms with Crippen LogP contribution in [0.2, 0.25) is 0 Å². The van der Waals surface area contributed by atoms with Gasteiger partial charge in [-0.2, -0.15) is 0 Å². The molecule has 0 bridgehead atoms. The topological polar surface area (TPSA) is 38.9 Å². The minimum absolute atomic E-state index is 0.299. The van der Waals surface area contributed by atoms with Crippen LogP contribution >= 0.6 is 15.9 Å². The van der Waals surface area contributed by atoms with Crippen LogP contribution in [0.1, 0.15) is 30.5 Å². The molecule has 18 heavy (non-hydrogen) atoms. The number of hydrogen-bond donors (Lipinski definition) is 1. The molecule has 2 aromatic rings. The van der Waals surface area contributed by atoms with E-state index in [1.54, 1.807) is 6.07 Å². The average molecular weight is 309 g/mol. The van der Waals surface area contributed by atoms with E-state index in [-0.39, 0.29) is 5.82 Å². The monoisotopic (exact) mass is 308 g/mol. The molecule has 4 heteroatoms. The van der Waals surface area contributed by atoms with Gasteiger partial charge in [-0.05, 0) is 43.4 Å². The van der Waals surface area contributed by atoms with Crippen molar-refractivity contribution in [1.82, 2.24) is 4.98 Å². The first kappa shape index (κ1) is 11.9. The standard InChI is InChI=1S/C14H14BrFN2/c15-9-6-7-10(16)14-12(9)13(17)8-4-2-1-3-5-11(8)18-14/h6-7H,1-5H2,(H2,17,18). The summed E-state index contributed by atoms with van der Waals surface area (Å²) in [6, 6.07) is 3.13. The number of halogens is 2. The van der Waals surface area contributed by atoms with Crippen molar-refractivity contribution in [2.24, 2.45) is 0 Å². The number of aromatic nitrogens is 1. The summed E-state index contributed by atoms with van der Waals surface area (Å²) in [7, 11) is 0. The van der Waals surface area contributed by atoms with Crippen LogP contribution < -0.4 is 5.73 Å². The molecule has 94 valence electrons. The number of nitrogens with two attached hydrogens (primary N) is 1. The quantitative estimate of drug-likeness (QED) is 0.747. The van der Waals surface area contributed by atoms with E-state index in [9.17, 15) is 4.39 Å². The van der Waals surface area contributed by atoms with Crippen molar-refractivity contribution in [2.45, 2.75) is 32.1 Å². The second-order valence-electron chi connectivity index (χ2n) is 4.76. The van der Waals surface area contributed by atoms with Gasteiger partial charge in [0.1, 0.15) is 11.3 Å². The van der Waals surface area contributed by atoms with Crippen LogP contribution in [-0.4, -0.2) is 4.98 Å². The molecule has 1 aromatic heterocycles. The Hall–Kier alpha value is -1.16. The summed E-state index contributed by atoms with van der Waals surface area (Å²) in [5.74, 6) is -0.299. The van der Waals surface area contributed by atoms with Crippen LogP contribution in [0.5, 0.6) is 0 Å². The number of anilines is 1. The molecule has 0 saturated heterocycles. The summed E-state index contributed by atoms with van der Waals surface area (Å²) in [5.41, 5.74) is 9.43. The molecule has 1 aliphatic rings. The summed E-state index contributed by atoms with van der Waals surface area (Å²) < 4.78 is 14.7. The predicted molar refractivity (Wildman–Crippen MR) is 75.1 cm³/mol. The molecule has 1 aliphatic carbocycles. The van der Waals surface area contributed by atoms with Crippen molar-refractivity contribution < 1.29 is 4.39 Å². The third-order valence-electron chi connectivity index (χ3n) is 3.61. The molecular weight excluding hydrogens is 295 g/mol. The number of benzene rings is 1. The highest BCUT2D eigenvalue weighted by atomic mass is 79.9. The highest BCUT2D eigenvalue weighted by molar-refractivity contribution is 9.10. The smallest absolute Gasteiger partial charge is 0.149 e. The number of nitrogens with zero attached hydrogens (tertiary/aromatic N) is 1. The Balaban J connectivity index is 2.38. The molecule has 0 fully saturated rings. The van der Waals surface area contributed by atoms with E-state index in [0.29, 0.717) is 11.2 Å². The summed E-state index contributed by atoms with van der Waals surface area (Å²) in [6.45, 7) is 0. The average Bonchev–Trinajstić information content (AvgIpc) is 2.59. The lowest BCUT2D eigenvalue weighted by atomic mass is 10.0. The van der Waals surface area contributed by atoms with Gasteiger partial charge >= 0.3 is 0 Å². The Labute approximate surface area is 114 Å². The second-order valence-corrected chi connectivity index (χ2v) is 5.62. The van der Waals surface area contributed by atoms with E-state index in [1.165, 1.54) is 12.5 Å². The number of nitrogen functional groups attached to an aromatic ring is 1. The first-order valence-electron chi connectivity index (χ1n) is 6.23. The lowest BCUT2D eigenvalue weighted by Crippen LogP contribution is -2.04. The molecule has 3 rings (SSSR count). The van der Waals surface area contributed by atoms with Gasteiger partial charge in [0, 0.05) is 21.2 Å². The Morgan fingerprint density at radius 1 is 1.17 bits per heavy atom. The number of hydrogen-bond acceptors (Lipinski definition) is 2. The molecular formula is C14H14BrFN2. The van der Waals surface area contributed by atoms with Crippen molar-refractivity contribution in [3.63, 3.8) is 0 Å². The van der Waals surface area contributed by atoms with Crippen LogP contribution in [0.25, 0.3) is 10.9 Å². The van der Waals surface area contributed by atoms with Crippen LogP contribution in [0.15, 0.2) is 16.6 Å². The van der Waals surface area contributed by atoms with Gasteiger partial charge in [-0.25, -0.2) is 9.37 Å². The Morgan fingerprint density at radius 2 is 1.94 bits per heavy atom. The van der Waals surface area contributed by atoms with E-state index < -0.39 is 0 Å².